The minimum absolute atomic E-state index is 0.0729. The molecule has 2 amide bonds. The molecule has 0 bridgehead atoms. The van der Waals surface area contributed by atoms with Crippen molar-refractivity contribution >= 4 is 35.8 Å². The lowest BCUT2D eigenvalue weighted by Crippen LogP contribution is -2.36. The van der Waals surface area contributed by atoms with Crippen LogP contribution in [-0.4, -0.2) is 55.7 Å². The fourth-order valence-corrected chi connectivity index (χ4v) is 3.97. The van der Waals surface area contributed by atoms with Gasteiger partial charge < -0.3 is 15.7 Å². The monoisotopic (exact) mass is 447 g/mol. The van der Waals surface area contributed by atoms with Gasteiger partial charge in [-0.3, -0.25) is 19.0 Å². The molecule has 1 aliphatic carbocycles. The molecule has 0 saturated heterocycles. The second-order valence-corrected chi connectivity index (χ2v) is 9.19. The lowest BCUT2D eigenvalue weighted by molar-refractivity contribution is -0.109. The Morgan fingerprint density at radius 2 is 2.16 bits per heavy atom. The van der Waals surface area contributed by atoms with Gasteiger partial charge in [-0.15, -0.1) is 0 Å². The highest BCUT2D eigenvalue weighted by molar-refractivity contribution is 7.99. The largest absolute Gasteiger partial charge is 0.492 e. The van der Waals surface area contributed by atoms with Crippen molar-refractivity contribution in [3.63, 3.8) is 0 Å². The van der Waals surface area contributed by atoms with Gasteiger partial charge in [-0.2, -0.15) is 21.4 Å². The highest BCUT2D eigenvalue weighted by Gasteiger charge is 2.29. The lowest BCUT2D eigenvalue weighted by Gasteiger charge is -2.15. The summed E-state index contributed by atoms with van der Waals surface area (Å²) in [5.41, 5.74) is 0.400. The number of carbonyl (C=O) groups excluding carboxylic acids is 2. The van der Waals surface area contributed by atoms with Gasteiger partial charge in [0.1, 0.15) is 5.65 Å². The number of nitrogens with zero attached hydrogens (tertiary/aromatic N) is 3. The zero-order valence-corrected chi connectivity index (χ0v) is 18.7. The number of thioether (sulfide) groups is 1. The van der Waals surface area contributed by atoms with Crippen molar-refractivity contribution in [3.05, 3.63) is 33.8 Å². The van der Waals surface area contributed by atoms with E-state index in [-0.39, 0.29) is 17.5 Å². The molecule has 10 heteroatoms. The van der Waals surface area contributed by atoms with Gasteiger partial charge in [-0.05, 0) is 30.9 Å². The van der Waals surface area contributed by atoms with Crippen LogP contribution in [0.3, 0.4) is 0 Å². The summed E-state index contributed by atoms with van der Waals surface area (Å²) in [5, 5.41) is 20.3. The fraction of sp³-hybridized carbons (Fsp3) is 0.524. The summed E-state index contributed by atoms with van der Waals surface area (Å²) < 4.78 is 2.80. The minimum Gasteiger partial charge on any atom is -0.492 e. The topological polar surface area (TPSA) is 118 Å². The van der Waals surface area contributed by atoms with E-state index in [0.717, 1.165) is 30.8 Å². The first kappa shape index (κ1) is 22.9. The summed E-state index contributed by atoms with van der Waals surface area (Å²) >= 11 is 1.73. The molecular formula is C21H29N5O4S. The zero-order chi connectivity index (χ0) is 22.4. The van der Waals surface area contributed by atoms with Gasteiger partial charge in [0.2, 0.25) is 12.3 Å². The number of rotatable bonds is 12. The van der Waals surface area contributed by atoms with E-state index in [2.05, 4.69) is 15.7 Å². The van der Waals surface area contributed by atoms with E-state index in [1.807, 2.05) is 26.0 Å². The van der Waals surface area contributed by atoms with E-state index in [1.165, 1.54) is 9.08 Å². The van der Waals surface area contributed by atoms with Crippen LogP contribution in [0.15, 0.2) is 17.1 Å². The Morgan fingerprint density at radius 1 is 1.39 bits per heavy atom. The quantitative estimate of drug-likeness (QED) is 0.336. The molecule has 1 saturated carbocycles. The number of hydrogen-bond donors (Lipinski definition) is 3. The molecule has 0 aromatic carbocycles. The Hall–Kier alpha value is -2.75. The molecule has 0 aliphatic heterocycles. The molecule has 3 N–H and O–H groups in total. The number of aromatic nitrogens is 3. The number of fused-ring (bicyclic) bond motifs is 1. The van der Waals surface area contributed by atoms with Crippen LogP contribution < -0.4 is 16.2 Å². The third-order valence-corrected chi connectivity index (χ3v) is 5.81. The molecule has 0 spiro atoms. The van der Waals surface area contributed by atoms with Crippen LogP contribution in [0.25, 0.3) is 11.7 Å². The predicted molar refractivity (Wildman–Crippen MR) is 121 cm³/mol. The first-order valence-electron chi connectivity index (χ1n) is 10.5. The molecule has 0 atom stereocenters. The molecule has 0 radical (unpaired) electrons. The van der Waals surface area contributed by atoms with Crippen molar-refractivity contribution in [1.82, 2.24) is 24.8 Å². The van der Waals surface area contributed by atoms with E-state index in [9.17, 15) is 19.5 Å². The van der Waals surface area contributed by atoms with E-state index < -0.39 is 17.3 Å². The Kier molecular flexibility index (Phi) is 7.78. The first-order chi connectivity index (χ1) is 14.9. The molecule has 3 rings (SSSR count). The van der Waals surface area contributed by atoms with Gasteiger partial charge in [0, 0.05) is 30.4 Å². The maximum absolute atomic E-state index is 13.2. The normalized spacial score (nSPS) is 13.9. The van der Waals surface area contributed by atoms with Gasteiger partial charge >= 0.3 is 0 Å². The van der Waals surface area contributed by atoms with Crippen molar-refractivity contribution in [2.45, 2.75) is 45.7 Å². The highest BCUT2D eigenvalue weighted by atomic mass is 32.2. The van der Waals surface area contributed by atoms with E-state index in [0.29, 0.717) is 30.7 Å². The molecule has 31 heavy (non-hydrogen) atoms. The van der Waals surface area contributed by atoms with Crippen molar-refractivity contribution in [2.24, 2.45) is 5.92 Å². The van der Waals surface area contributed by atoms with E-state index >= 15 is 0 Å². The van der Waals surface area contributed by atoms with Crippen LogP contribution in [0.5, 0.6) is 5.88 Å². The maximum Gasteiger partial charge on any atom is 0.270 e. The number of amides is 2. The van der Waals surface area contributed by atoms with Crippen LogP contribution in [0.4, 0.5) is 0 Å². The van der Waals surface area contributed by atoms with Crippen molar-refractivity contribution < 1.29 is 14.7 Å². The molecule has 2 aromatic heterocycles. The highest BCUT2D eigenvalue weighted by Crippen LogP contribution is 2.23. The molecule has 0 unspecified atom stereocenters. The van der Waals surface area contributed by atoms with Gasteiger partial charge in [0.15, 0.2) is 5.56 Å². The van der Waals surface area contributed by atoms with Crippen LogP contribution >= 0.6 is 11.8 Å². The van der Waals surface area contributed by atoms with E-state index in [1.54, 1.807) is 18.0 Å². The van der Waals surface area contributed by atoms with Crippen molar-refractivity contribution in [1.29, 1.82) is 0 Å². The summed E-state index contributed by atoms with van der Waals surface area (Å²) in [5.74, 6) is 0.908. The maximum atomic E-state index is 13.2. The average molecular weight is 448 g/mol. The average Bonchev–Trinajstić information content (AvgIpc) is 3.43. The first-order valence-corrected chi connectivity index (χ1v) is 11.6. The second-order valence-electron chi connectivity index (χ2n) is 7.97. The summed E-state index contributed by atoms with van der Waals surface area (Å²) in [6.45, 7) is 5.02. The van der Waals surface area contributed by atoms with Crippen LogP contribution in [0.2, 0.25) is 0 Å². The SMILES string of the molecule is CC(C)Cn1c(=O)c(C(=O)NC2CC2)c(O)n2ncc(/C=C/CCSCCNC=O)c12. The summed E-state index contributed by atoms with van der Waals surface area (Å²) in [6, 6.07) is 0.0729. The molecule has 9 nitrogen and oxygen atoms in total. The van der Waals surface area contributed by atoms with Crippen LogP contribution in [0, 0.1) is 5.92 Å². The minimum atomic E-state index is -0.557. The standard InChI is InChI=1S/C21H29N5O4S/c1-14(2)12-25-19-15(5-3-4-9-31-10-8-22-13-27)11-23-26(19)21(30)17(20(25)29)18(28)24-16-6-7-16/h3,5,11,13-14,16,30H,4,6-10,12H2,1-2H3,(H,22,27)(H,24,28)/b5-3+. The molecule has 2 heterocycles. The molecule has 1 aliphatic rings. The lowest BCUT2D eigenvalue weighted by atomic mass is 10.2. The Morgan fingerprint density at radius 3 is 2.84 bits per heavy atom. The summed E-state index contributed by atoms with van der Waals surface area (Å²) in [4.78, 5) is 36.0. The Labute approximate surface area is 184 Å². The Balaban J connectivity index is 1.86. The van der Waals surface area contributed by atoms with Crippen molar-refractivity contribution in [2.75, 3.05) is 18.1 Å². The van der Waals surface area contributed by atoms with Crippen LogP contribution in [0.1, 0.15) is 49.0 Å². The smallest absolute Gasteiger partial charge is 0.270 e. The predicted octanol–water partition coefficient (Wildman–Crippen LogP) is 1.63. The molecule has 1 fully saturated rings. The number of aromatic hydroxyl groups is 1. The third kappa shape index (κ3) is 5.69. The number of nitrogens with one attached hydrogen (secondary N) is 2. The molecule has 168 valence electrons. The van der Waals surface area contributed by atoms with Gasteiger partial charge in [0.25, 0.3) is 11.5 Å². The van der Waals surface area contributed by atoms with Gasteiger partial charge in [-0.25, -0.2) is 0 Å². The van der Waals surface area contributed by atoms with Crippen LogP contribution in [-0.2, 0) is 11.3 Å². The summed E-state index contributed by atoms with van der Waals surface area (Å²) in [6.07, 6.45) is 8.74. The second kappa shape index (κ2) is 10.5. The van der Waals surface area contributed by atoms with Crippen molar-refractivity contribution in [3.8, 4) is 5.88 Å². The number of hydrogen-bond acceptors (Lipinski definition) is 6. The number of allylic oxidation sites excluding steroid dienone is 1. The number of carbonyl (C=O) groups is 2. The molecular weight excluding hydrogens is 418 g/mol. The third-order valence-electron chi connectivity index (χ3n) is 4.80. The van der Waals surface area contributed by atoms with E-state index in [4.69, 9.17) is 0 Å². The summed E-state index contributed by atoms with van der Waals surface area (Å²) in [7, 11) is 0. The van der Waals surface area contributed by atoms with Gasteiger partial charge in [0.05, 0.1) is 6.20 Å². The molecule has 2 aromatic rings. The Bertz CT molecular complexity index is 1020. The zero-order valence-electron chi connectivity index (χ0n) is 17.8. The fourth-order valence-electron chi connectivity index (χ4n) is 3.20. The van der Waals surface area contributed by atoms with Gasteiger partial charge in [-0.1, -0.05) is 26.0 Å².